The second-order valence-electron chi connectivity index (χ2n) is 11.2. The van der Waals surface area contributed by atoms with Crippen LogP contribution in [0.4, 0.5) is 0 Å². The molecule has 2 N–H and O–H groups in total. The van der Waals surface area contributed by atoms with Crippen molar-refractivity contribution in [2.75, 3.05) is 35.0 Å². The molecule has 0 saturated heterocycles. The monoisotopic (exact) mass is 600 g/mol. The lowest BCUT2D eigenvalue weighted by Gasteiger charge is -2.39. The molecular weight excluding hydrogens is 552 g/mol. The molecule has 0 heterocycles. The van der Waals surface area contributed by atoms with E-state index in [1.54, 1.807) is 14.0 Å². The quantitative estimate of drug-likeness (QED) is 0.185. The summed E-state index contributed by atoms with van der Waals surface area (Å²) < 4.78 is 20.8. The van der Waals surface area contributed by atoms with Crippen LogP contribution in [0.15, 0.2) is 54.6 Å². The first-order valence-electron chi connectivity index (χ1n) is 14.8. The zero-order valence-corrected chi connectivity index (χ0v) is 26.3. The molecule has 0 fully saturated rings. The van der Waals surface area contributed by atoms with Crippen molar-refractivity contribution in [1.29, 1.82) is 0 Å². The van der Waals surface area contributed by atoms with Gasteiger partial charge in [0.05, 0.1) is 51.8 Å². The molecule has 43 heavy (non-hydrogen) atoms. The highest BCUT2D eigenvalue weighted by Crippen LogP contribution is 2.39. The molecule has 0 aliphatic carbocycles. The number of aliphatic hydroxyl groups excluding tert-OH is 2. The summed E-state index contributed by atoms with van der Waals surface area (Å²) in [7, 11) is 5.40. The van der Waals surface area contributed by atoms with E-state index in [0.717, 1.165) is 16.7 Å². The van der Waals surface area contributed by atoms with Crippen LogP contribution in [0.5, 0.6) is 0 Å². The van der Waals surface area contributed by atoms with Crippen LogP contribution in [0.3, 0.4) is 0 Å². The van der Waals surface area contributed by atoms with Crippen LogP contribution in [0.1, 0.15) is 68.7 Å². The summed E-state index contributed by atoms with van der Waals surface area (Å²) in [5.41, 5.74) is 1.97. The predicted octanol–water partition coefficient (Wildman–Crippen LogP) is 4.66. The van der Waals surface area contributed by atoms with E-state index < -0.39 is 53.3 Å². The Bertz CT molecular complexity index is 1130. The number of methoxy groups -OCH3 is 4. The number of hydrogen-bond acceptors (Lipinski definition) is 9. The predicted molar refractivity (Wildman–Crippen MR) is 162 cm³/mol. The summed E-state index contributed by atoms with van der Waals surface area (Å²) in [6.07, 6.45) is 1.00. The molecule has 9 nitrogen and oxygen atoms in total. The SMILES string of the molecule is CCC(CO)(CCc1ccc(C(O)c2ccccc2)cc1)C(CC(CC(CC(C)C(=O)OC)C(=O)OC)C(=O)OC)OC. The smallest absolute Gasteiger partial charge is 0.308 e. The molecule has 2 aromatic carbocycles. The van der Waals surface area contributed by atoms with Gasteiger partial charge < -0.3 is 29.2 Å². The van der Waals surface area contributed by atoms with E-state index in [-0.39, 0.29) is 25.9 Å². The maximum atomic E-state index is 13.0. The first-order chi connectivity index (χ1) is 20.6. The van der Waals surface area contributed by atoms with Crippen molar-refractivity contribution < 1.29 is 43.5 Å². The molecule has 2 aromatic rings. The van der Waals surface area contributed by atoms with E-state index in [4.69, 9.17) is 18.9 Å². The van der Waals surface area contributed by atoms with Crippen molar-refractivity contribution in [2.24, 2.45) is 23.2 Å². The van der Waals surface area contributed by atoms with Gasteiger partial charge in [-0.1, -0.05) is 68.4 Å². The Morgan fingerprint density at radius 2 is 1.30 bits per heavy atom. The van der Waals surface area contributed by atoms with Crippen molar-refractivity contribution in [3.63, 3.8) is 0 Å². The van der Waals surface area contributed by atoms with Gasteiger partial charge in [-0.15, -0.1) is 0 Å². The Hall–Kier alpha value is -3.27. The van der Waals surface area contributed by atoms with Crippen molar-refractivity contribution in [3.8, 4) is 0 Å². The Morgan fingerprint density at radius 1 is 0.767 bits per heavy atom. The van der Waals surface area contributed by atoms with Gasteiger partial charge in [-0.3, -0.25) is 14.4 Å². The number of aryl methyl sites for hydroxylation is 1. The lowest BCUT2D eigenvalue weighted by molar-refractivity contribution is -0.153. The minimum absolute atomic E-state index is 0.0942. The minimum Gasteiger partial charge on any atom is -0.469 e. The summed E-state index contributed by atoms with van der Waals surface area (Å²) in [4.78, 5) is 37.7. The fraction of sp³-hybridized carbons (Fsp3) is 0.559. The van der Waals surface area contributed by atoms with Gasteiger partial charge in [0.2, 0.25) is 0 Å². The van der Waals surface area contributed by atoms with Crippen molar-refractivity contribution in [3.05, 3.63) is 71.3 Å². The fourth-order valence-corrected chi connectivity index (χ4v) is 5.78. The Balaban J connectivity index is 2.22. The van der Waals surface area contributed by atoms with Gasteiger partial charge in [-0.2, -0.15) is 0 Å². The van der Waals surface area contributed by atoms with Gasteiger partial charge >= 0.3 is 17.9 Å². The largest absolute Gasteiger partial charge is 0.469 e. The summed E-state index contributed by atoms with van der Waals surface area (Å²) in [5, 5.41) is 21.4. The molecule has 0 spiro atoms. The zero-order valence-electron chi connectivity index (χ0n) is 26.3. The van der Waals surface area contributed by atoms with Gasteiger partial charge in [0.25, 0.3) is 0 Å². The van der Waals surface area contributed by atoms with E-state index >= 15 is 0 Å². The molecule has 9 heteroatoms. The third-order valence-electron chi connectivity index (χ3n) is 8.69. The van der Waals surface area contributed by atoms with Crippen molar-refractivity contribution in [1.82, 2.24) is 0 Å². The second kappa shape index (κ2) is 17.8. The lowest BCUT2D eigenvalue weighted by atomic mass is 9.71. The number of rotatable bonds is 18. The number of ether oxygens (including phenoxy) is 4. The molecule has 6 unspecified atom stereocenters. The molecule has 0 aliphatic heterocycles. The van der Waals surface area contributed by atoms with Crippen LogP contribution in [0.2, 0.25) is 0 Å². The number of hydrogen-bond donors (Lipinski definition) is 2. The molecule has 0 saturated carbocycles. The van der Waals surface area contributed by atoms with Gasteiger partial charge in [0.15, 0.2) is 0 Å². The second-order valence-corrected chi connectivity index (χ2v) is 11.2. The molecule has 0 radical (unpaired) electrons. The molecule has 0 aliphatic rings. The average Bonchev–Trinajstić information content (AvgIpc) is 3.06. The summed E-state index contributed by atoms with van der Waals surface area (Å²) >= 11 is 0. The fourth-order valence-electron chi connectivity index (χ4n) is 5.78. The van der Waals surface area contributed by atoms with Crippen LogP contribution in [-0.2, 0) is 39.8 Å². The maximum absolute atomic E-state index is 13.0. The van der Waals surface area contributed by atoms with Gasteiger partial charge in [-0.05, 0) is 55.2 Å². The summed E-state index contributed by atoms with van der Waals surface area (Å²) in [5.74, 6) is -3.53. The zero-order chi connectivity index (χ0) is 32.0. The molecule has 0 amide bonds. The standard InChI is InChI=1S/C34H48O9/c1-7-34(22-35,18-17-24-13-15-26(16-14-24)30(36)25-11-9-8-10-12-25)29(40-3)21-28(33(39)43-6)20-27(32(38)42-5)19-23(2)31(37)41-4/h8-16,23,27-30,35-36H,7,17-22H2,1-6H3. The van der Waals surface area contributed by atoms with Crippen molar-refractivity contribution in [2.45, 2.75) is 64.6 Å². The molecule has 0 bridgehead atoms. The first-order valence-corrected chi connectivity index (χ1v) is 14.8. The van der Waals surface area contributed by atoms with E-state index in [1.165, 1.54) is 21.3 Å². The highest BCUT2D eigenvalue weighted by Gasteiger charge is 2.41. The van der Waals surface area contributed by atoms with Crippen LogP contribution in [0.25, 0.3) is 0 Å². The highest BCUT2D eigenvalue weighted by molar-refractivity contribution is 5.77. The van der Waals surface area contributed by atoms with Gasteiger partial charge in [0, 0.05) is 12.5 Å². The Labute approximate surface area is 255 Å². The third-order valence-corrected chi connectivity index (χ3v) is 8.69. The first kappa shape index (κ1) is 35.9. The van der Waals surface area contributed by atoms with Crippen LogP contribution in [-0.4, -0.2) is 69.3 Å². The maximum Gasteiger partial charge on any atom is 0.308 e. The van der Waals surface area contributed by atoms with Gasteiger partial charge in [-0.25, -0.2) is 0 Å². The van der Waals surface area contributed by atoms with Crippen LogP contribution in [0, 0.1) is 23.2 Å². The molecule has 238 valence electrons. The molecular formula is C34H48O9. The normalized spacial score (nSPS) is 16.2. The van der Waals surface area contributed by atoms with Gasteiger partial charge in [0.1, 0.15) is 6.10 Å². The van der Waals surface area contributed by atoms with E-state index in [2.05, 4.69) is 0 Å². The Kier molecular flexibility index (Phi) is 14.8. The minimum atomic E-state index is -0.740. The summed E-state index contributed by atoms with van der Waals surface area (Å²) in [6, 6.07) is 17.2. The molecule has 2 rings (SSSR count). The van der Waals surface area contributed by atoms with E-state index in [9.17, 15) is 24.6 Å². The number of benzene rings is 2. The van der Waals surface area contributed by atoms with Crippen LogP contribution < -0.4 is 0 Å². The van der Waals surface area contributed by atoms with E-state index in [0.29, 0.717) is 19.3 Å². The summed E-state index contributed by atoms with van der Waals surface area (Å²) in [6.45, 7) is 3.47. The van der Waals surface area contributed by atoms with Crippen molar-refractivity contribution >= 4 is 17.9 Å². The topological polar surface area (TPSA) is 129 Å². The number of carbonyl (C=O) groups is 3. The number of esters is 3. The molecule has 6 atom stereocenters. The third kappa shape index (κ3) is 9.88. The molecule has 0 aromatic heterocycles. The highest BCUT2D eigenvalue weighted by atomic mass is 16.5. The van der Waals surface area contributed by atoms with Crippen LogP contribution >= 0.6 is 0 Å². The number of aliphatic hydroxyl groups is 2. The average molecular weight is 601 g/mol. The lowest BCUT2D eigenvalue weighted by Crippen LogP contribution is -2.42. The Morgan fingerprint density at radius 3 is 1.79 bits per heavy atom. The number of carbonyl (C=O) groups excluding carboxylic acids is 3. The van der Waals surface area contributed by atoms with E-state index in [1.807, 2.05) is 61.5 Å².